The molecule has 0 amide bonds. The highest BCUT2D eigenvalue weighted by molar-refractivity contribution is 4.98. The Hall–Kier alpha value is -0.530. The molecule has 0 aromatic heterocycles. The Morgan fingerprint density at radius 2 is 1.36 bits per heavy atom. The van der Waals surface area contributed by atoms with Gasteiger partial charge in [-0.2, -0.15) is 30.7 Å². The van der Waals surface area contributed by atoms with Crippen LogP contribution in [0.1, 0.15) is 58.3 Å². The summed E-state index contributed by atoms with van der Waals surface area (Å²) in [6.07, 6.45) is -2.68. The zero-order valence-corrected chi connectivity index (χ0v) is 14.2. The first-order chi connectivity index (χ1) is 11.5. The van der Waals surface area contributed by atoms with Gasteiger partial charge in [0, 0.05) is 0 Å². The van der Waals surface area contributed by atoms with Gasteiger partial charge in [-0.3, -0.25) is 0 Å². The number of ether oxygens (including phenoxy) is 1. The second-order valence-corrected chi connectivity index (χ2v) is 7.42. The van der Waals surface area contributed by atoms with Crippen LogP contribution in [0.25, 0.3) is 0 Å². The molecule has 1 nitrogen and oxygen atoms in total. The maximum atomic E-state index is 13.7. The van der Waals surface area contributed by atoms with E-state index in [2.05, 4.69) is 6.92 Å². The molecule has 0 N–H and O–H groups in total. The summed E-state index contributed by atoms with van der Waals surface area (Å²) in [6.45, 7) is 1.95. The molecule has 0 bridgehead atoms. The number of alkyl halides is 7. The van der Waals surface area contributed by atoms with Crippen molar-refractivity contribution in [2.45, 2.75) is 82.4 Å². The van der Waals surface area contributed by atoms with E-state index >= 15 is 0 Å². The van der Waals surface area contributed by atoms with Crippen molar-refractivity contribution in [2.75, 3.05) is 6.61 Å². The normalized spacial score (nSPS) is 32.6. The lowest BCUT2D eigenvalue weighted by molar-refractivity contribution is -0.376. The largest absolute Gasteiger partial charge is 0.459 e. The van der Waals surface area contributed by atoms with Gasteiger partial charge in [0.2, 0.25) is 0 Å². The Morgan fingerprint density at radius 1 is 0.800 bits per heavy atom. The number of hydrogen-bond acceptors (Lipinski definition) is 1. The van der Waals surface area contributed by atoms with Crippen LogP contribution in [0.15, 0.2) is 0 Å². The second-order valence-electron chi connectivity index (χ2n) is 7.42. The topological polar surface area (TPSA) is 9.23 Å². The Labute approximate surface area is 143 Å². The van der Waals surface area contributed by atoms with Crippen LogP contribution in [0.3, 0.4) is 0 Å². The molecule has 8 heteroatoms. The molecule has 0 unspecified atom stereocenters. The van der Waals surface area contributed by atoms with E-state index in [-0.39, 0.29) is 24.9 Å². The monoisotopic (exact) mass is 378 g/mol. The molecule has 25 heavy (non-hydrogen) atoms. The van der Waals surface area contributed by atoms with Gasteiger partial charge < -0.3 is 4.74 Å². The minimum Gasteiger partial charge on any atom is -0.371 e. The van der Waals surface area contributed by atoms with Crippen LogP contribution < -0.4 is 0 Å². The lowest BCUT2D eigenvalue weighted by Gasteiger charge is -2.41. The first kappa shape index (κ1) is 20.8. The molecule has 0 spiro atoms. The van der Waals surface area contributed by atoms with Crippen LogP contribution in [0.2, 0.25) is 0 Å². The van der Waals surface area contributed by atoms with Crippen molar-refractivity contribution in [1.29, 1.82) is 0 Å². The highest BCUT2D eigenvalue weighted by Gasteiger charge is 2.75. The molecule has 1 aliphatic carbocycles. The fourth-order valence-corrected chi connectivity index (χ4v) is 4.18. The highest BCUT2D eigenvalue weighted by atomic mass is 19.4. The van der Waals surface area contributed by atoms with Crippen molar-refractivity contribution in [3.05, 3.63) is 0 Å². The van der Waals surface area contributed by atoms with Crippen LogP contribution in [-0.4, -0.2) is 30.7 Å². The molecule has 1 saturated heterocycles. The molecule has 148 valence electrons. The van der Waals surface area contributed by atoms with E-state index in [1.165, 1.54) is 0 Å². The number of rotatable bonds is 5. The van der Waals surface area contributed by atoms with Gasteiger partial charge in [-0.05, 0) is 43.4 Å². The summed E-state index contributed by atoms with van der Waals surface area (Å²) in [7, 11) is 0. The Kier molecular flexibility index (Phi) is 6.32. The summed E-state index contributed by atoms with van der Waals surface area (Å²) in [4.78, 5) is 0. The molecule has 1 aliphatic heterocycles. The molecule has 1 heterocycles. The summed E-state index contributed by atoms with van der Waals surface area (Å²) >= 11 is 0. The molecular weight excluding hydrogens is 353 g/mol. The van der Waals surface area contributed by atoms with Crippen molar-refractivity contribution in [2.24, 2.45) is 17.8 Å². The van der Waals surface area contributed by atoms with E-state index in [9.17, 15) is 30.7 Å². The molecular formula is C17H25F7O. The van der Waals surface area contributed by atoms with Gasteiger partial charge in [-0.15, -0.1) is 0 Å². The third kappa shape index (κ3) is 4.25. The molecule has 0 aromatic rings. The Balaban J connectivity index is 1.89. The fraction of sp³-hybridized carbons (Fsp3) is 1.00. The van der Waals surface area contributed by atoms with E-state index in [4.69, 9.17) is 4.74 Å². The number of hydrogen-bond donors (Lipinski definition) is 0. The first-order valence-corrected chi connectivity index (χ1v) is 8.94. The standard InChI is InChI=1S/C17H25F7O/c1-2-3-11-4-6-12(7-5-11)13-8-9-14(25-10-13)15(18,19)16(20,21)17(22,23)24/h11-14H,2-10H2,1H3/t11?,12?,13-,14+/m0/s1. The zero-order chi connectivity index (χ0) is 18.9. The molecule has 2 fully saturated rings. The fourth-order valence-electron chi connectivity index (χ4n) is 4.18. The smallest absolute Gasteiger partial charge is 0.371 e. The van der Waals surface area contributed by atoms with Crippen molar-refractivity contribution in [3.63, 3.8) is 0 Å². The maximum Gasteiger partial charge on any atom is 0.459 e. The molecule has 2 atom stereocenters. The molecule has 0 aromatic carbocycles. The van der Waals surface area contributed by atoms with Gasteiger partial charge in [0.15, 0.2) is 0 Å². The van der Waals surface area contributed by atoms with Crippen LogP contribution in [0.4, 0.5) is 30.7 Å². The van der Waals surface area contributed by atoms with E-state index in [0.717, 1.165) is 38.5 Å². The summed E-state index contributed by atoms with van der Waals surface area (Å²) < 4.78 is 95.2. The van der Waals surface area contributed by atoms with E-state index < -0.39 is 30.5 Å². The molecule has 2 aliphatic rings. The minimum atomic E-state index is -6.30. The molecule has 1 saturated carbocycles. The van der Waals surface area contributed by atoms with Gasteiger partial charge in [0.1, 0.15) is 6.10 Å². The van der Waals surface area contributed by atoms with Crippen molar-refractivity contribution < 1.29 is 35.5 Å². The molecule has 2 rings (SSSR count). The predicted octanol–water partition coefficient (Wildman–Crippen LogP) is 6.22. The zero-order valence-electron chi connectivity index (χ0n) is 14.2. The average Bonchev–Trinajstić information content (AvgIpc) is 2.55. The van der Waals surface area contributed by atoms with Crippen molar-refractivity contribution in [1.82, 2.24) is 0 Å². The summed E-state index contributed by atoms with van der Waals surface area (Å²) in [5.41, 5.74) is 0. The quantitative estimate of drug-likeness (QED) is 0.516. The molecule has 0 radical (unpaired) electrons. The summed E-state index contributed by atoms with van der Waals surface area (Å²) in [6, 6.07) is 0. The van der Waals surface area contributed by atoms with Gasteiger partial charge in [-0.25, -0.2) is 0 Å². The average molecular weight is 378 g/mol. The van der Waals surface area contributed by atoms with Crippen molar-refractivity contribution >= 4 is 0 Å². The van der Waals surface area contributed by atoms with Crippen LogP contribution in [-0.2, 0) is 4.74 Å². The van der Waals surface area contributed by atoms with E-state index in [1.807, 2.05) is 0 Å². The minimum absolute atomic E-state index is 0.0332. The summed E-state index contributed by atoms with van der Waals surface area (Å²) in [5, 5.41) is 0. The van der Waals surface area contributed by atoms with Gasteiger partial charge in [-0.1, -0.05) is 32.6 Å². The lowest BCUT2D eigenvalue weighted by Crippen LogP contribution is -2.59. The van der Waals surface area contributed by atoms with Crippen LogP contribution >= 0.6 is 0 Å². The van der Waals surface area contributed by atoms with E-state index in [1.54, 1.807) is 0 Å². The van der Waals surface area contributed by atoms with Crippen LogP contribution in [0, 0.1) is 17.8 Å². The van der Waals surface area contributed by atoms with E-state index in [0.29, 0.717) is 5.92 Å². The Morgan fingerprint density at radius 3 is 1.80 bits per heavy atom. The van der Waals surface area contributed by atoms with Gasteiger partial charge in [0.25, 0.3) is 0 Å². The van der Waals surface area contributed by atoms with Gasteiger partial charge >= 0.3 is 18.0 Å². The highest BCUT2D eigenvalue weighted by Crippen LogP contribution is 2.51. The van der Waals surface area contributed by atoms with Crippen molar-refractivity contribution in [3.8, 4) is 0 Å². The predicted molar refractivity (Wildman–Crippen MR) is 78.8 cm³/mol. The third-order valence-corrected chi connectivity index (χ3v) is 5.75. The van der Waals surface area contributed by atoms with Crippen LogP contribution in [0.5, 0.6) is 0 Å². The second kappa shape index (κ2) is 7.61. The Bertz CT molecular complexity index is 419. The number of halogens is 7. The first-order valence-electron chi connectivity index (χ1n) is 8.94. The SMILES string of the molecule is CCCC1CCC([C@H]2CC[C@H](C(F)(F)C(F)(F)C(F)(F)F)OC2)CC1. The summed E-state index contributed by atoms with van der Waals surface area (Å²) in [5.74, 6) is -10.4. The third-order valence-electron chi connectivity index (χ3n) is 5.75. The lowest BCUT2D eigenvalue weighted by atomic mass is 9.72. The maximum absolute atomic E-state index is 13.7. The van der Waals surface area contributed by atoms with Gasteiger partial charge in [0.05, 0.1) is 6.61 Å².